The van der Waals surface area contributed by atoms with Crippen LogP contribution in [-0.2, 0) is 11.4 Å². The van der Waals surface area contributed by atoms with Crippen LogP contribution in [-0.4, -0.2) is 40.7 Å². The topological polar surface area (TPSA) is 88.4 Å². The Hall–Kier alpha value is -3.75. The number of ether oxygens (including phenoxy) is 2. The van der Waals surface area contributed by atoms with E-state index in [2.05, 4.69) is 4.99 Å². The summed E-state index contributed by atoms with van der Waals surface area (Å²) in [6.45, 7) is 2.62. The van der Waals surface area contributed by atoms with Crippen molar-refractivity contribution in [1.82, 2.24) is 4.90 Å². The van der Waals surface area contributed by atoms with Gasteiger partial charge in [0.25, 0.3) is 5.91 Å². The van der Waals surface area contributed by atoms with E-state index in [1.807, 2.05) is 37.3 Å². The first-order valence-corrected chi connectivity index (χ1v) is 12.3. The standard InChI is InChI=1S/C27H23ClN2O5S/c1-3-30-25(31)24(36-27(30)29-20-11-9-18(10-12-20)26(32)33)15-17-8-13-22(23(14-17)34-2)35-16-19-6-4-5-7-21(19)28/h4-15H,3,16H2,1-2H3,(H,32,33)/b24-15+,29-27?. The maximum Gasteiger partial charge on any atom is 0.335 e. The van der Waals surface area contributed by atoms with Crippen molar-refractivity contribution in [3.8, 4) is 11.5 Å². The van der Waals surface area contributed by atoms with Crippen molar-refractivity contribution in [2.75, 3.05) is 13.7 Å². The van der Waals surface area contributed by atoms with E-state index in [1.54, 1.807) is 42.4 Å². The number of rotatable bonds is 8. The number of carboxylic acid groups (broad SMARTS) is 1. The highest BCUT2D eigenvalue weighted by Crippen LogP contribution is 2.36. The molecule has 0 bridgehead atoms. The summed E-state index contributed by atoms with van der Waals surface area (Å²) in [4.78, 5) is 30.7. The summed E-state index contributed by atoms with van der Waals surface area (Å²) in [6.07, 6.45) is 1.78. The summed E-state index contributed by atoms with van der Waals surface area (Å²) in [7, 11) is 1.56. The molecular formula is C27H23ClN2O5S. The molecule has 1 aliphatic rings. The van der Waals surface area contributed by atoms with Gasteiger partial charge in [-0.25, -0.2) is 9.79 Å². The normalized spacial score (nSPS) is 15.5. The zero-order valence-corrected chi connectivity index (χ0v) is 21.2. The highest BCUT2D eigenvalue weighted by atomic mass is 35.5. The molecule has 0 radical (unpaired) electrons. The molecule has 3 aromatic rings. The summed E-state index contributed by atoms with van der Waals surface area (Å²) >= 11 is 7.48. The van der Waals surface area contributed by atoms with Crippen LogP contribution in [0.25, 0.3) is 6.08 Å². The molecule has 0 saturated carbocycles. The number of benzene rings is 3. The molecule has 0 spiro atoms. The highest BCUT2D eigenvalue weighted by molar-refractivity contribution is 8.18. The molecule has 7 nitrogen and oxygen atoms in total. The number of carbonyl (C=O) groups excluding carboxylic acids is 1. The Kier molecular flexibility index (Phi) is 7.97. The van der Waals surface area contributed by atoms with Crippen molar-refractivity contribution in [3.05, 3.63) is 93.3 Å². The number of carboxylic acids is 1. The molecule has 0 atom stereocenters. The van der Waals surface area contributed by atoms with Crippen LogP contribution in [0.3, 0.4) is 0 Å². The van der Waals surface area contributed by atoms with Crippen molar-refractivity contribution in [2.45, 2.75) is 13.5 Å². The third-order valence-electron chi connectivity index (χ3n) is 5.37. The number of hydrogen-bond donors (Lipinski definition) is 1. The number of carbonyl (C=O) groups is 2. The van der Waals surface area contributed by atoms with E-state index in [-0.39, 0.29) is 11.5 Å². The third kappa shape index (κ3) is 5.72. The molecular weight excluding hydrogens is 500 g/mol. The Morgan fingerprint density at radius 3 is 2.53 bits per heavy atom. The van der Waals surface area contributed by atoms with Gasteiger partial charge < -0.3 is 14.6 Å². The van der Waals surface area contributed by atoms with Crippen molar-refractivity contribution >= 4 is 52.2 Å². The number of nitrogens with zero attached hydrogens (tertiary/aromatic N) is 2. The van der Waals surface area contributed by atoms with Crippen LogP contribution < -0.4 is 9.47 Å². The second-order valence-corrected chi connectivity index (χ2v) is 9.11. The molecule has 1 fully saturated rings. The van der Waals surface area contributed by atoms with Gasteiger partial charge >= 0.3 is 5.97 Å². The fourth-order valence-electron chi connectivity index (χ4n) is 3.47. The smallest absolute Gasteiger partial charge is 0.335 e. The monoisotopic (exact) mass is 522 g/mol. The second kappa shape index (κ2) is 11.3. The Labute approximate surface area is 218 Å². The average molecular weight is 523 g/mol. The molecule has 1 amide bonds. The van der Waals surface area contributed by atoms with Crippen molar-refractivity contribution in [2.24, 2.45) is 4.99 Å². The lowest BCUT2D eigenvalue weighted by molar-refractivity contribution is -0.122. The summed E-state index contributed by atoms with van der Waals surface area (Å²) in [5.74, 6) is -0.0593. The number of hydrogen-bond acceptors (Lipinski definition) is 6. The minimum Gasteiger partial charge on any atom is -0.493 e. The van der Waals surface area contributed by atoms with E-state index in [4.69, 9.17) is 26.2 Å². The first-order valence-electron chi connectivity index (χ1n) is 11.1. The van der Waals surface area contributed by atoms with Gasteiger partial charge in [-0.05, 0) is 72.8 Å². The largest absolute Gasteiger partial charge is 0.493 e. The SMILES string of the molecule is CCN1C(=O)/C(=C\c2ccc(OCc3ccccc3Cl)c(OC)c2)SC1=Nc1ccc(C(=O)O)cc1. The van der Waals surface area contributed by atoms with Gasteiger partial charge in [0.2, 0.25) is 0 Å². The molecule has 0 aliphatic carbocycles. The average Bonchev–Trinajstić information content (AvgIpc) is 3.17. The summed E-state index contributed by atoms with van der Waals surface area (Å²) < 4.78 is 11.4. The second-order valence-electron chi connectivity index (χ2n) is 7.70. The molecule has 4 rings (SSSR count). The van der Waals surface area contributed by atoms with E-state index in [1.165, 1.54) is 23.9 Å². The zero-order valence-electron chi connectivity index (χ0n) is 19.6. The van der Waals surface area contributed by atoms with Gasteiger partial charge in [-0.3, -0.25) is 9.69 Å². The van der Waals surface area contributed by atoms with E-state index in [0.29, 0.717) is 45.4 Å². The first kappa shape index (κ1) is 25.3. The van der Waals surface area contributed by atoms with Crippen LogP contribution in [0, 0.1) is 0 Å². The number of halogens is 1. The minimum atomic E-state index is -1.00. The Morgan fingerprint density at radius 2 is 1.86 bits per heavy atom. The quantitative estimate of drug-likeness (QED) is 0.352. The predicted octanol–water partition coefficient (Wildman–Crippen LogP) is 6.25. The van der Waals surface area contributed by atoms with Crippen LogP contribution in [0.4, 0.5) is 5.69 Å². The Bertz CT molecular complexity index is 1350. The molecule has 36 heavy (non-hydrogen) atoms. The van der Waals surface area contributed by atoms with Gasteiger partial charge in [0.05, 0.1) is 23.3 Å². The van der Waals surface area contributed by atoms with Gasteiger partial charge in [-0.1, -0.05) is 35.9 Å². The molecule has 184 valence electrons. The number of amides is 1. The molecule has 3 aromatic carbocycles. The molecule has 1 aliphatic heterocycles. The maximum absolute atomic E-state index is 13.0. The zero-order chi connectivity index (χ0) is 25.7. The minimum absolute atomic E-state index is 0.151. The number of thioether (sulfide) groups is 1. The van der Waals surface area contributed by atoms with Crippen molar-refractivity contribution in [3.63, 3.8) is 0 Å². The molecule has 0 unspecified atom stereocenters. The fourth-order valence-corrected chi connectivity index (χ4v) is 4.73. The molecule has 1 saturated heterocycles. The third-order valence-corrected chi connectivity index (χ3v) is 6.75. The van der Waals surface area contributed by atoms with Gasteiger partial charge in [-0.15, -0.1) is 0 Å². The summed E-state index contributed by atoms with van der Waals surface area (Å²) in [5, 5.41) is 10.2. The predicted molar refractivity (Wildman–Crippen MR) is 142 cm³/mol. The van der Waals surface area contributed by atoms with E-state index in [9.17, 15) is 9.59 Å². The van der Waals surface area contributed by atoms with Gasteiger partial charge in [-0.2, -0.15) is 0 Å². The summed E-state index contributed by atoms with van der Waals surface area (Å²) in [5.41, 5.74) is 2.38. The maximum atomic E-state index is 13.0. The van der Waals surface area contributed by atoms with Crippen LogP contribution in [0.5, 0.6) is 11.5 Å². The summed E-state index contributed by atoms with van der Waals surface area (Å²) in [6, 6.07) is 19.1. The van der Waals surface area contributed by atoms with Gasteiger partial charge in [0.1, 0.15) is 6.61 Å². The number of methoxy groups -OCH3 is 1. The van der Waals surface area contributed by atoms with Crippen LogP contribution in [0.2, 0.25) is 5.02 Å². The number of amidine groups is 1. The van der Waals surface area contributed by atoms with E-state index in [0.717, 1.165) is 11.1 Å². The Balaban J connectivity index is 1.54. The molecule has 9 heteroatoms. The number of likely N-dealkylation sites (N-methyl/N-ethyl adjacent to an activating group) is 1. The van der Waals surface area contributed by atoms with Crippen LogP contribution in [0.1, 0.15) is 28.4 Å². The first-order chi connectivity index (χ1) is 17.4. The van der Waals surface area contributed by atoms with E-state index < -0.39 is 5.97 Å². The number of aromatic carboxylic acids is 1. The fraction of sp³-hybridized carbons (Fsp3) is 0.148. The van der Waals surface area contributed by atoms with E-state index >= 15 is 0 Å². The lowest BCUT2D eigenvalue weighted by Crippen LogP contribution is -2.28. The molecule has 1 heterocycles. The Morgan fingerprint density at radius 1 is 1.11 bits per heavy atom. The van der Waals surface area contributed by atoms with Crippen LogP contribution in [0.15, 0.2) is 76.6 Å². The lowest BCUT2D eigenvalue weighted by Gasteiger charge is -2.12. The molecule has 0 aromatic heterocycles. The van der Waals surface area contributed by atoms with Crippen LogP contribution >= 0.6 is 23.4 Å². The van der Waals surface area contributed by atoms with Gasteiger partial charge in [0, 0.05) is 17.1 Å². The lowest BCUT2D eigenvalue weighted by atomic mass is 10.1. The van der Waals surface area contributed by atoms with Crippen molar-refractivity contribution < 1.29 is 24.2 Å². The van der Waals surface area contributed by atoms with Gasteiger partial charge in [0.15, 0.2) is 16.7 Å². The number of aliphatic imine (C=N–C) groups is 1. The highest BCUT2D eigenvalue weighted by Gasteiger charge is 2.32. The van der Waals surface area contributed by atoms with Crippen molar-refractivity contribution in [1.29, 1.82) is 0 Å². The molecule has 1 N–H and O–H groups in total.